The summed E-state index contributed by atoms with van der Waals surface area (Å²) in [5.74, 6) is 0.366. The molecule has 1 N–H and O–H groups in total. The molecule has 1 aromatic heterocycles. The molecule has 1 amide bonds. The van der Waals surface area contributed by atoms with E-state index < -0.39 is 5.97 Å². The third kappa shape index (κ3) is 2.69. The largest absolute Gasteiger partial charge is 0.465 e. The number of aryl methyl sites for hydroxylation is 1. The molecule has 5 rings (SSSR count). The number of ether oxygens (including phenoxy) is 1. The molecule has 1 aromatic rings. The standard InChI is InChI=1S/C19H26N2O3S/c1-11-13(14(22)24-4)25-16(20-11)21-15(23)19-7-12-5-17(2,9-19)8-18(3,6-12)10-19/h12H,5-10H2,1-4H3,(H,20,21,23). The van der Waals surface area contributed by atoms with Crippen molar-refractivity contribution in [3.05, 3.63) is 10.6 Å². The second-order valence-electron chi connectivity index (χ2n) is 9.29. The van der Waals surface area contributed by atoms with E-state index in [0.29, 0.717) is 32.5 Å². The topological polar surface area (TPSA) is 68.3 Å². The van der Waals surface area contributed by atoms with E-state index in [0.717, 1.165) is 19.3 Å². The van der Waals surface area contributed by atoms with Crippen molar-refractivity contribution in [1.82, 2.24) is 4.98 Å². The van der Waals surface area contributed by atoms with Crippen LogP contribution in [0.1, 0.15) is 67.7 Å². The van der Waals surface area contributed by atoms with Gasteiger partial charge in [0.25, 0.3) is 0 Å². The van der Waals surface area contributed by atoms with Gasteiger partial charge in [-0.2, -0.15) is 0 Å². The van der Waals surface area contributed by atoms with Gasteiger partial charge in [0.2, 0.25) is 5.91 Å². The zero-order chi connectivity index (χ0) is 18.0. The van der Waals surface area contributed by atoms with Crippen molar-refractivity contribution in [2.75, 3.05) is 12.4 Å². The summed E-state index contributed by atoms with van der Waals surface area (Å²) < 4.78 is 4.78. The second kappa shape index (κ2) is 5.29. The monoisotopic (exact) mass is 362 g/mol. The summed E-state index contributed by atoms with van der Waals surface area (Å²) in [4.78, 5) is 29.9. The third-order valence-corrected chi connectivity index (χ3v) is 7.55. The first kappa shape index (κ1) is 17.0. The summed E-state index contributed by atoms with van der Waals surface area (Å²) in [6.45, 7) is 6.49. The van der Waals surface area contributed by atoms with Gasteiger partial charge in [-0.25, -0.2) is 9.78 Å². The highest BCUT2D eigenvalue weighted by atomic mass is 32.1. The Kier molecular flexibility index (Phi) is 3.60. The van der Waals surface area contributed by atoms with Crippen LogP contribution in [-0.2, 0) is 9.53 Å². The normalized spacial score (nSPS) is 38.6. The van der Waals surface area contributed by atoms with Crippen LogP contribution < -0.4 is 5.32 Å². The maximum absolute atomic E-state index is 13.2. The first-order valence-corrected chi connectivity index (χ1v) is 9.85. The van der Waals surface area contributed by atoms with Crippen LogP contribution in [0.5, 0.6) is 0 Å². The fourth-order valence-corrected chi connectivity index (χ4v) is 7.54. The van der Waals surface area contributed by atoms with Crippen molar-refractivity contribution in [1.29, 1.82) is 0 Å². The van der Waals surface area contributed by atoms with E-state index >= 15 is 0 Å². The summed E-state index contributed by atoms with van der Waals surface area (Å²) in [5.41, 5.74) is 0.924. The lowest BCUT2D eigenvalue weighted by Gasteiger charge is -2.64. The van der Waals surface area contributed by atoms with E-state index in [1.54, 1.807) is 6.92 Å². The number of hydrogen-bond acceptors (Lipinski definition) is 5. The molecule has 6 heteroatoms. The Labute approximate surface area is 152 Å². The SMILES string of the molecule is COC(=O)c1sc(NC(=O)C23CC4CC(C)(CC(C)(C4)C2)C3)nc1C. The number of aromatic nitrogens is 1. The van der Waals surface area contributed by atoms with Crippen molar-refractivity contribution in [2.45, 2.75) is 59.3 Å². The quantitative estimate of drug-likeness (QED) is 0.819. The lowest BCUT2D eigenvalue weighted by Crippen LogP contribution is -2.58. The molecule has 4 fully saturated rings. The molecular weight excluding hydrogens is 336 g/mol. The van der Waals surface area contributed by atoms with Crippen molar-refractivity contribution >= 4 is 28.3 Å². The summed E-state index contributed by atoms with van der Waals surface area (Å²) >= 11 is 1.21. The van der Waals surface area contributed by atoms with Crippen LogP contribution in [0, 0.1) is 29.1 Å². The van der Waals surface area contributed by atoms with Crippen molar-refractivity contribution in [2.24, 2.45) is 22.2 Å². The highest BCUT2D eigenvalue weighted by Crippen LogP contribution is 2.69. The number of hydrogen-bond donors (Lipinski definition) is 1. The van der Waals surface area contributed by atoms with E-state index in [2.05, 4.69) is 24.1 Å². The van der Waals surface area contributed by atoms with E-state index in [4.69, 9.17) is 4.74 Å². The van der Waals surface area contributed by atoms with E-state index in [-0.39, 0.29) is 11.3 Å². The summed E-state index contributed by atoms with van der Waals surface area (Å²) in [6.07, 6.45) is 6.73. The number of carbonyl (C=O) groups excluding carboxylic acids is 2. The molecule has 4 bridgehead atoms. The predicted octanol–water partition coefficient (Wildman–Crippen LogP) is 4.17. The number of anilines is 1. The highest BCUT2D eigenvalue weighted by Gasteiger charge is 2.62. The fourth-order valence-electron chi connectivity index (χ4n) is 6.66. The molecule has 0 spiro atoms. The van der Waals surface area contributed by atoms with Gasteiger partial charge in [-0.05, 0) is 62.2 Å². The van der Waals surface area contributed by atoms with Gasteiger partial charge in [0, 0.05) is 0 Å². The molecule has 5 nitrogen and oxygen atoms in total. The van der Waals surface area contributed by atoms with Crippen LogP contribution in [0.4, 0.5) is 5.13 Å². The molecule has 25 heavy (non-hydrogen) atoms. The Hall–Kier alpha value is -1.43. The zero-order valence-electron chi connectivity index (χ0n) is 15.4. The number of carbonyl (C=O) groups is 2. The highest BCUT2D eigenvalue weighted by molar-refractivity contribution is 7.17. The summed E-state index contributed by atoms with van der Waals surface area (Å²) in [6, 6.07) is 0. The van der Waals surface area contributed by atoms with Gasteiger partial charge < -0.3 is 10.1 Å². The number of rotatable bonds is 3. The van der Waals surface area contributed by atoms with Crippen LogP contribution in [0.2, 0.25) is 0 Å². The number of methoxy groups -OCH3 is 1. The molecule has 4 saturated carbocycles. The average Bonchev–Trinajstić information content (AvgIpc) is 2.83. The van der Waals surface area contributed by atoms with Crippen molar-refractivity contribution < 1.29 is 14.3 Å². The molecule has 0 radical (unpaired) electrons. The Morgan fingerprint density at radius 2 is 1.80 bits per heavy atom. The molecule has 0 aromatic carbocycles. The Morgan fingerprint density at radius 3 is 2.36 bits per heavy atom. The van der Waals surface area contributed by atoms with Crippen molar-refractivity contribution in [3.8, 4) is 0 Å². The Balaban J connectivity index is 1.59. The molecule has 4 aliphatic carbocycles. The van der Waals surface area contributed by atoms with Gasteiger partial charge in [0.05, 0.1) is 18.2 Å². The number of amides is 1. The van der Waals surface area contributed by atoms with Crippen LogP contribution in [0.3, 0.4) is 0 Å². The summed E-state index contributed by atoms with van der Waals surface area (Å²) in [7, 11) is 1.36. The molecule has 0 saturated heterocycles. The Morgan fingerprint density at radius 1 is 1.16 bits per heavy atom. The average molecular weight is 362 g/mol. The van der Waals surface area contributed by atoms with Crippen LogP contribution >= 0.6 is 11.3 Å². The fraction of sp³-hybridized carbons (Fsp3) is 0.737. The number of esters is 1. The van der Waals surface area contributed by atoms with Gasteiger partial charge >= 0.3 is 5.97 Å². The zero-order valence-corrected chi connectivity index (χ0v) is 16.2. The number of thiazole rings is 1. The lowest BCUT2D eigenvalue weighted by molar-refractivity contribution is -0.165. The Bertz CT molecular complexity index is 738. The van der Waals surface area contributed by atoms with Crippen molar-refractivity contribution in [3.63, 3.8) is 0 Å². The molecule has 0 aliphatic heterocycles. The van der Waals surface area contributed by atoms with Crippen LogP contribution in [0.25, 0.3) is 0 Å². The van der Waals surface area contributed by atoms with Gasteiger partial charge in [-0.15, -0.1) is 0 Å². The number of nitrogens with zero attached hydrogens (tertiary/aromatic N) is 1. The maximum atomic E-state index is 13.2. The third-order valence-electron chi connectivity index (χ3n) is 6.50. The maximum Gasteiger partial charge on any atom is 0.350 e. The first-order chi connectivity index (χ1) is 11.7. The van der Waals surface area contributed by atoms with Gasteiger partial charge in [0.15, 0.2) is 5.13 Å². The molecule has 136 valence electrons. The first-order valence-electron chi connectivity index (χ1n) is 9.03. The predicted molar refractivity (Wildman–Crippen MR) is 96.7 cm³/mol. The van der Waals surface area contributed by atoms with Crippen LogP contribution in [-0.4, -0.2) is 24.0 Å². The van der Waals surface area contributed by atoms with E-state index in [1.165, 1.54) is 37.7 Å². The molecular formula is C19H26N2O3S. The van der Waals surface area contributed by atoms with Gasteiger partial charge in [-0.3, -0.25) is 4.79 Å². The minimum Gasteiger partial charge on any atom is -0.465 e. The van der Waals surface area contributed by atoms with E-state index in [1.807, 2.05) is 0 Å². The van der Waals surface area contributed by atoms with Gasteiger partial charge in [-0.1, -0.05) is 25.2 Å². The molecule has 4 aliphatic rings. The smallest absolute Gasteiger partial charge is 0.350 e. The molecule has 2 unspecified atom stereocenters. The van der Waals surface area contributed by atoms with E-state index in [9.17, 15) is 9.59 Å². The minimum absolute atomic E-state index is 0.0965. The molecule has 2 atom stereocenters. The second-order valence-corrected chi connectivity index (χ2v) is 10.3. The lowest BCUT2D eigenvalue weighted by atomic mass is 9.40. The number of nitrogens with one attached hydrogen (secondary N) is 1. The minimum atomic E-state index is -0.398. The van der Waals surface area contributed by atoms with Crippen LogP contribution in [0.15, 0.2) is 0 Å². The summed E-state index contributed by atoms with van der Waals surface area (Å²) in [5, 5.41) is 3.54. The van der Waals surface area contributed by atoms with Gasteiger partial charge in [0.1, 0.15) is 4.88 Å². The molecule has 1 heterocycles.